The maximum Gasteiger partial charge on any atom is 0.274 e. The molecule has 0 fully saturated rings. The average molecular weight is 226 g/mol. The van der Waals surface area contributed by atoms with Gasteiger partial charge in [-0.3, -0.25) is 4.79 Å². The van der Waals surface area contributed by atoms with E-state index in [0.29, 0.717) is 0 Å². The maximum atomic E-state index is 11.2. The number of carbonyl (C=O) groups is 1. The van der Waals surface area contributed by atoms with Gasteiger partial charge in [-0.2, -0.15) is 0 Å². The first-order valence-electron chi connectivity index (χ1n) is 3.18. The quantitative estimate of drug-likeness (QED) is 0.638. The molecule has 7 heteroatoms. The first kappa shape index (κ1) is 11.2. The predicted molar refractivity (Wildman–Crippen MR) is 49.5 cm³/mol. The van der Waals surface area contributed by atoms with Gasteiger partial charge in [0.2, 0.25) is 0 Å². The van der Waals surface area contributed by atoms with Crippen LogP contribution in [0.1, 0.15) is 15.2 Å². The molecule has 0 saturated carbocycles. The van der Waals surface area contributed by atoms with Gasteiger partial charge in [-0.15, -0.1) is 11.3 Å². The van der Waals surface area contributed by atoms with Crippen molar-refractivity contribution < 1.29 is 13.2 Å². The van der Waals surface area contributed by atoms with Crippen molar-refractivity contribution in [1.82, 2.24) is 4.72 Å². The van der Waals surface area contributed by atoms with Gasteiger partial charge in [-0.25, -0.2) is 13.1 Å². The van der Waals surface area contributed by atoms with Crippen LogP contribution in [0.2, 0.25) is 0 Å². The van der Waals surface area contributed by atoms with Gasteiger partial charge in [-0.1, -0.05) is 0 Å². The molecule has 1 aliphatic heterocycles. The third kappa shape index (κ3) is 1.69. The molecular formula is C6H5NNaO3S2. The zero-order valence-electron chi connectivity index (χ0n) is 7.12. The van der Waals surface area contributed by atoms with Crippen LogP contribution < -0.4 is 4.72 Å². The number of carbonyl (C=O) groups excluding carboxylic acids is 1. The third-order valence-electron chi connectivity index (χ3n) is 1.54. The normalized spacial score (nSPS) is 17.5. The molecule has 1 aromatic rings. The second kappa shape index (κ2) is 3.36. The zero-order valence-corrected chi connectivity index (χ0v) is 10.8. The first-order chi connectivity index (χ1) is 5.50. The van der Waals surface area contributed by atoms with Crippen molar-refractivity contribution in [2.24, 2.45) is 0 Å². The summed E-state index contributed by atoms with van der Waals surface area (Å²) in [7, 11) is -3.51. The van der Waals surface area contributed by atoms with E-state index in [2.05, 4.69) is 0 Å². The van der Waals surface area contributed by atoms with Crippen molar-refractivity contribution in [3.63, 3.8) is 0 Å². The molecule has 13 heavy (non-hydrogen) atoms. The third-order valence-corrected chi connectivity index (χ3v) is 4.45. The van der Waals surface area contributed by atoms with E-state index in [0.717, 1.165) is 16.2 Å². The Morgan fingerprint density at radius 2 is 2.08 bits per heavy atom. The van der Waals surface area contributed by atoms with Crippen molar-refractivity contribution in [2.75, 3.05) is 0 Å². The average Bonchev–Trinajstić information content (AvgIpc) is 2.37. The van der Waals surface area contributed by atoms with E-state index in [9.17, 15) is 13.2 Å². The van der Waals surface area contributed by atoms with Crippen LogP contribution in [0.15, 0.2) is 10.3 Å². The zero-order chi connectivity index (χ0) is 8.93. The smallest absolute Gasteiger partial charge is 0.268 e. The molecule has 2 heterocycles. The Balaban J connectivity index is 0.000000845. The van der Waals surface area contributed by atoms with Crippen LogP contribution in [-0.2, 0) is 10.0 Å². The summed E-state index contributed by atoms with van der Waals surface area (Å²) in [6.45, 7) is 1.77. The number of hydrogen-bond acceptors (Lipinski definition) is 4. The van der Waals surface area contributed by atoms with Crippen LogP contribution in [0.4, 0.5) is 0 Å². The van der Waals surface area contributed by atoms with E-state index in [1.54, 1.807) is 13.0 Å². The standard InChI is InChI=1S/C6H5NO3S2.Na/c1-3-2-4-5(8)7-12(9,10)6(4)11-3;/h2H,1H3,(H,7,8);. The van der Waals surface area contributed by atoms with E-state index in [4.69, 9.17) is 0 Å². The Labute approximate surface area is 102 Å². The van der Waals surface area contributed by atoms with Crippen LogP contribution in [0.25, 0.3) is 0 Å². The molecule has 4 nitrogen and oxygen atoms in total. The fourth-order valence-corrected chi connectivity index (χ4v) is 3.65. The van der Waals surface area contributed by atoms with Gasteiger partial charge in [0.05, 0.1) is 5.56 Å². The Kier molecular flexibility index (Phi) is 2.89. The summed E-state index contributed by atoms with van der Waals surface area (Å²) in [4.78, 5) is 11.8. The summed E-state index contributed by atoms with van der Waals surface area (Å²) in [6.07, 6.45) is 0. The van der Waals surface area contributed by atoms with Gasteiger partial charge in [0.1, 0.15) is 0 Å². The van der Waals surface area contributed by atoms with Gasteiger partial charge < -0.3 is 0 Å². The topological polar surface area (TPSA) is 63.2 Å². The Morgan fingerprint density at radius 1 is 1.46 bits per heavy atom. The van der Waals surface area contributed by atoms with E-state index in [-0.39, 0.29) is 39.3 Å². The van der Waals surface area contributed by atoms with Gasteiger partial charge in [0.15, 0.2) is 4.21 Å². The molecule has 0 aromatic carbocycles. The van der Waals surface area contributed by atoms with E-state index >= 15 is 0 Å². The number of aryl methyl sites for hydroxylation is 1. The molecule has 0 saturated heterocycles. The Bertz CT molecular complexity index is 462. The molecule has 0 spiro atoms. The summed E-state index contributed by atoms with van der Waals surface area (Å²) in [6, 6.07) is 1.58. The number of sulfonamides is 1. The van der Waals surface area contributed by atoms with Gasteiger partial charge in [0, 0.05) is 34.4 Å². The molecule has 2 rings (SSSR count). The monoisotopic (exact) mass is 226 g/mol. The van der Waals surface area contributed by atoms with Gasteiger partial charge >= 0.3 is 0 Å². The Hall–Kier alpha value is 0.120. The summed E-state index contributed by atoms with van der Waals surface area (Å²) in [5.41, 5.74) is 0.275. The summed E-state index contributed by atoms with van der Waals surface area (Å²) >= 11 is 1.12. The largest absolute Gasteiger partial charge is 0.274 e. The number of thiophene rings is 1. The molecule has 1 N–H and O–H groups in total. The predicted octanol–water partition coefficient (Wildman–Crippen LogP) is 0.108. The molecule has 1 aliphatic rings. The second-order valence-corrected chi connectivity index (χ2v) is 5.63. The Morgan fingerprint density at radius 3 is 2.62 bits per heavy atom. The molecular weight excluding hydrogens is 221 g/mol. The summed E-state index contributed by atoms with van der Waals surface area (Å²) in [5.74, 6) is -0.519. The SMILES string of the molecule is Cc1cc2c(s1)S(=O)(=O)NC2=O.[Na]. The van der Waals surface area contributed by atoms with Crippen LogP contribution >= 0.6 is 11.3 Å². The molecule has 1 radical (unpaired) electrons. The van der Waals surface area contributed by atoms with E-state index in [1.807, 2.05) is 4.72 Å². The van der Waals surface area contributed by atoms with Crippen molar-refractivity contribution in [1.29, 1.82) is 0 Å². The molecule has 0 aliphatic carbocycles. The number of nitrogens with one attached hydrogen (secondary N) is 1. The van der Waals surface area contributed by atoms with Crippen molar-refractivity contribution >= 4 is 56.8 Å². The van der Waals surface area contributed by atoms with Crippen LogP contribution in [0.3, 0.4) is 0 Å². The molecule has 0 unspecified atom stereocenters. The van der Waals surface area contributed by atoms with Crippen LogP contribution in [0, 0.1) is 6.92 Å². The molecule has 1 amide bonds. The minimum Gasteiger partial charge on any atom is -0.268 e. The van der Waals surface area contributed by atoms with E-state index < -0.39 is 15.9 Å². The second-order valence-electron chi connectivity index (χ2n) is 2.49. The minimum atomic E-state index is -3.51. The fraction of sp³-hybridized carbons (Fsp3) is 0.167. The van der Waals surface area contributed by atoms with Crippen LogP contribution in [0.5, 0.6) is 0 Å². The maximum absolute atomic E-state index is 11.2. The molecule has 65 valence electrons. The molecule has 0 atom stereocenters. The van der Waals surface area contributed by atoms with E-state index in [1.165, 1.54) is 0 Å². The summed E-state index contributed by atoms with van der Waals surface area (Å²) in [5, 5.41) is 0. The number of rotatable bonds is 0. The summed E-state index contributed by atoms with van der Waals surface area (Å²) < 4.78 is 24.4. The van der Waals surface area contributed by atoms with Gasteiger partial charge in [-0.05, 0) is 13.0 Å². The van der Waals surface area contributed by atoms with Gasteiger partial charge in [0.25, 0.3) is 15.9 Å². The molecule has 0 bridgehead atoms. The fourth-order valence-electron chi connectivity index (χ4n) is 1.07. The number of fused-ring (bicyclic) bond motifs is 1. The number of amides is 1. The van der Waals surface area contributed by atoms with Crippen LogP contribution in [-0.4, -0.2) is 43.9 Å². The first-order valence-corrected chi connectivity index (χ1v) is 5.48. The van der Waals surface area contributed by atoms with Crippen molar-refractivity contribution in [3.8, 4) is 0 Å². The molecule has 1 aromatic heterocycles. The number of hydrogen-bond donors (Lipinski definition) is 1. The van der Waals surface area contributed by atoms with Crippen molar-refractivity contribution in [3.05, 3.63) is 16.5 Å². The van der Waals surface area contributed by atoms with Crippen molar-refractivity contribution in [2.45, 2.75) is 11.1 Å². The minimum absolute atomic E-state index is 0.